The molecule has 1 rings (SSSR count). The first kappa shape index (κ1) is 11.1. The van der Waals surface area contributed by atoms with Gasteiger partial charge in [-0.15, -0.1) is 11.8 Å². The number of hydrogen-bond donors (Lipinski definition) is 1. The van der Waals surface area contributed by atoms with Crippen LogP contribution in [0.5, 0.6) is 0 Å². The molecule has 0 bridgehead atoms. The van der Waals surface area contributed by atoms with Crippen molar-refractivity contribution in [3.05, 3.63) is 29.3 Å². The molecule has 0 aliphatic heterocycles. The third-order valence-corrected chi connectivity index (χ3v) is 3.27. The number of aryl methyl sites for hydroxylation is 1. The van der Waals surface area contributed by atoms with E-state index in [1.807, 2.05) is 25.1 Å². The highest BCUT2D eigenvalue weighted by Gasteiger charge is 2.05. The second-order valence-corrected chi connectivity index (χ2v) is 4.74. The van der Waals surface area contributed by atoms with Gasteiger partial charge in [0.2, 0.25) is 0 Å². The molecule has 0 fully saturated rings. The third kappa shape index (κ3) is 2.76. The largest absolute Gasteiger partial charge is 0.329 e. The van der Waals surface area contributed by atoms with Crippen LogP contribution in [0, 0.1) is 18.3 Å². The first-order chi connectivity index (χ1) is 6.67. The van der Waals surface area contributed by atoms with Crippen LogP contribution < -0.4 is 5.73 Å². The Morgan fingerprint density at radius 2 is 2.29 bits per heavy atom. The molecule has 1 atom stereocenters. The summed E-state index contributed by atoms with van der Waals surface area (Å²) in [5.41, 5.74) is 7.42. The predicted molar refractivity (Wildman–Crippen MR) is 60.3 cm³/mol. The molecule has 2 N–H and O–H groups in total. The maximum absolute atomic E-state index is 8.70. The van der Waals surface area contributed by atoms with E-state index in [-0.39, 0.29) is 0 Å². The van der Waals surface area contributed by atoms with Gasteiger partial charge in [-0.05, 0) is 30.7 Å². The van der Waals surface area contributed by atoms with E-state index in [1.54, 1.807) is 11.8 Å². The van der Waals surface area contributed by atoms with Gasteiger partial charge in [-0.2, -0.15) is 5.26 Å². The summed E-state index contributed by atoms with van der Waals surface area (Å²) in [6.45, 7) is 4.79. The molecule has 0 spiro atoms. The lowest BCUT2D eigenvalue weighted by Gasteiger charge is -2.10. The van der Waals surface area contributed by atoms with Crippen LogP contribution in [0.2, 0.25) is 0 Å². The summed E-state index contributed by atoms with van der Waals surface area (Å²) >= 11 is 1.75. The summed E-state index contributed by atoms with van der Waals surface area (Å²) < 4.78 is 0. The molecule has 1 unspecified atom stereocenters. The van der Waals surface area contributed by atoms with Gasteiger partial charge in [0.1, 0.15) is 0 Å². The molecule has 3 heteroatoms. The minimum absolute atomic E-state index is 0.418. The molecule has 0 saturated carbocycles. The van der Waals surface area contributed by atoms with Gasteiger partial charge in [0.05, 0.1) is 11.6 Å². The lowest BCUT2D eigenvalue weighted by molar-refractivity contribution is 0.950. The third-order valence-electron chi connectivity index (χ3n) is 1.96. The Morgan fingerprint density at radius 3 is 2.79 bits per heavy atom. The number of nitrogens with zero attached hydrogens (tertiary/aromatic N) is 1. The van der Waals surface area contributed by atoms with Gasteiger partial charge in [-0.1, -0.05) is 6.92 Å². The highest BCUT2D eigenvalue weighted by atomic mass is 32.2. The summed E-state index contributed by atoms with van der Waals surface area (Å²) in [6, 6.07) is 7.87. The number of hydrogen-bond acceptors (Lipinski definition) is 3. The molecule has 0 saturated heterocycles. The van der Waals surface area contributed by atoms with E-state index in [9.17, 15) is 0 Å². The SMILES string of the molecule is Cc1cc(C#N)ccc1SC(C)CN. The quantitative estimate of drug-likeness (QED) is 0.772. The van der Waals surface area contributed by atoms with Crippen LogP contribution >= 0.6 is 11.8 Å². The number of rotatable bonds is 3. The fourth-order valence-corrected chi connectivity index (χ4v) is 2.04. The van der Waals surface area contributed by atoms with Gasteiger partial charge in [0, 0.05) is 16.7 Å². The van der Waals surface area contributed by atoms with Gasteiger partial charge in [0.25, 0.3) is 0 Å². The standard InChI is InChI=1S/C11H14N2S/c1-8-5-10(7-13)3-4-11(8)14-9(2)6-12/h3-5,9H,6,12H2,1-2H3. The van der Waals surface area contributed by atoms with Gasteiger partial charge >= 0.3 is 0 Å². The van der Waals surface area contributed by atoms with Crippen LogP contribution in [-0.2, 0) is 0 Å². The number of nitriles is 1. The zero-order valence-electron chi connectivity index (χ0n) is 8.45. The van der Waals surface area contributed by atoms with Crippen LogP contribution in [0.1, 0.15) is 18.1 Å². The Labute approximate surface area is 89.1 Å². The first-order valence-electron chi connectivity index (χ1n) is 4.55. The molecule has 74 valence electrons. The van der Waals surface area contributed by atoms with E-state index in [2.05, 4.69) is 13.0 Å². The van der Waals surface area contributed by atoms with Crippen molar-refractivity contribution in [2.75, 3.05) is 6.54 Å². The molecule has 0 amide bonds. The lowest BCUT2D eigenvalue weighted by Crippen LogP contribution is -2.12. The number of thioether (sulfide) groups is 1. The van der Waals surface area contributed by atoms with Crippen molar-refractivity contribution in [3.8, 4) is 6.07 Å². The average Bonchev–Trinajstić information content (AvgIpc) is 2.20. The summed E-state index contributed by atoms with van der Waals surface area (Å²) in [7, 11) is 0. The van der Waals surface area contributed by atoms with Crippen LogP contribution in [0.3, 0.4) is 0 Å². The van der Waals surface area contributed by atoms with E-state index in [0.29, 0.717) is 17.4 Å². The molecule has 0 aliphatic carbocycles. The lowest BCUT2D eigenvalue weighted by atomic mass is 10.2. The zero-order chi connectivity index (χ0) is 10.6. The minimum atomic E-state index is 0.418. The maximum atomic E-state index is 8.70. The van der Waals surface area contributed by atoms with Crippen molar-refractivity contribution >= 4 is 11.8 Å². The molecule has 2 nitrogen and oxygen atoms in total. The van der Waals surface area contributed by atoms with Crippen molar-refractivity contribution in [2.24, 2.45) is 5.73 Å². The van der Waals surface area contributed by atoms with Crippen LogP contribution in [0.4, 0.5) is 0 Å². The van der Waals surface area contributed by atoms with E-state index in [4.69, 9.17) is 11.0 Å². The summed E-state index contributed by atoms with van der Waals surface area (Å²) in [5.74, 6) is 0. The Balaban J connectivity index is 2.85. The fourth-order valence-electron chi connectivity index (χ4n) is 1.12. The summed E-state index contributed by atoms with van der Waals surface area (Å²) in [5, 5.41) is 9.12. The second kappa shape index (κ2) is 5.04. The molecule has 0 aliphatic rings. The van der Waals surface area contributed by atoms with Gasteiger partial charge < -0.3 is 5.73 Å². The molecular weight excluding hydrogens is 192 g/mol. The fraction of sp³-hybridized carbons (Fsp3) is 0.364. The first-order valence-corrected chi connectivity index (χ1v) is 5.42. The molecule has 0 aromatic heterocycles. The van der Waals surface area contributed by atoms with Crippen molar-refractivity contribution in [1.29, 1.82) is 5.26 Å². The van der Waals surface area contributed by atoms with Gasteiger partial charge in [-0.3, -0.25) is 0 Å². The Morgan fingerprint density at radius 1 is 1.57 bits per heavy atom. The minimum Gasteiger partial charge on any atom is -0.329 e. The Bertz CT molecular complexity index is 355. The van der Waals surface area contributed by atoms with Crippen molar-refractivity contribution < 1.29 is 0 Å². The summed E-state index contributed by atoms with van der Waals surface area (Å²) in [4.78, 5) is 1.21. The van der Waals surface area contributed by atoms with Crippen molar-refractivity contribution in [1.82, 2.24) is 0 Å². The van der Waals surface area contributed by atoms with Crippen LogP contribution in [0.25, 0.3) is 0 Å². The number of benzene rings is 1. The topological polar surface area (TPSA) is 49.8 Å². The van der Waals surface area contributed by atoms with E-state index < -0.39 is 0 Å². The molecule has 0 heterocycles. The molecule has 0 radical (unpaired) electrons. The van der Waals surface area contributed by atoms with Gasteiger partial charge in [-0.25, -0.2) is 0 Å². The average molecular weight is 206 g/mol. The highest BCUT2D eigenvalue weighted by Crippen LogP contribution is 2.26. The molecule has 14 heavy (non-hydrogen) atoms. The number of nitrogens with two attached hydrogens (primary N) is 1. The molecular formula is C11H14N2S. The second-order valence-electron chi connectivity index (χ2n) is 3.26. The van der Waals surface area contributed by atoms with Crippen LogP contribution in [0.15, 0.2) is 23.1 Å². The van der Waals surface area contributed by atoms with Gasteiger partial charge in [0.15, 0.2) is 0 Å². The van der Waals surface area contributed by atoms with Crippen LogP contribution in [-0.4, -0.2) is 11.8 Å². The molecule has 1 aromatic carbocycles. The Kier molecular flexibility index (Phi) is 3.99. The van der Waals surface area contributed by atoms with E-state index in [0.717, 1.165) is 5.56 Å². The predicted octanol–water partition coefficient (Wildman–Crippen LogP) is 2.31. The Hall–Kier alpha value is -0.980. The van der Waals surface area contributed by atoms with Crippen molar-refractivity contribution in [3.63, 3.8) is 0 Å². The normalized spacial score (nSPS) is 12.1. The summed E-state index contributed by atoms with van der Waals surface area (Å²) in [6.07, 6.45) is 0. The zero-order valence-corrected chi connectivity index (χ0v) is 9.27. The monoisotopic (exact) mass is 206 g/mol. The van der Waals surface area contributed by atoms with Crippen molar-refractivity contribution in [2.45, 2.75) is 24.0 Å². The highest BCUT2D eigenvalue weighted by molar-refractivity contribution is 8.00. The maximum Gasteiger partial charge on any atom is 0.0991 e. The smallest absolute Gasteiger partial charge is 0.0991 e. The van der Waals surface area contributed by atoms with E-state index >= 15 is 0 Å². The molecule has 1 aromatic rings. The van der Waals surface area contributed by atoms with E-state index in [1.165, 1.54) is 4.90 Å².